The van der Waals surface area contributed by atoms with Crippen LogP contribution in [0.2, 0.25) is 0 Å². The lowest BCUT2D eigenvalue weighted by atomic mass is 9.53. The Morgan fingerprint density at radius 1 is 1.11 bits per heavy atom. The first-order valence-corrected chi connectivity index (χ1v) is 10.8. The smallest absolute Gasteiger partial charge is 0.335 e. The zero-order chi connectivity index (χ0) is 19.5. The molecular formula is C25H28O3. The van der Waals surface area contributed by atoms with E-state index in [4.69, 9.17) is 0 Å². The van der Waals surface area contributed by atoms with E-state index in [2.05, 4.69) is 6.92 Å². The van der Waals surface area contributed by atoms with Crippen molar-refractivity contribution in [1.29, 1.82) is 0 Å². The number of carboxylic acid groups (broad SMARTS) is 1. The third-order valence-corrected chi connectivity index (χ3v) is 8.07. The summed E-state index contributed by atoms with van der Waals surface area (Å²) in [6.07, 6.45) is 10.8. The molecule has 3 nitrogen and oxygen atoms in total. The SMILES string of the molecule is C[C@@]12CCC[C@H]1[C@@H]1CCC3=CC(=O)CCC3=C1[C@@H](c1ccc(C(=O)O)cc1)C2. The van der Waals surface area contributed by atoms with Crippen LogP contribution in [0.5, 0.6) is 0 Å². The molecule has 5 rings (SSSR count). The number of hydrogen-bond donors (Lipinski definition) is 1. The van der Waals surface area contributed by atoms with Crippen molar-refractivity contribution >= 4 is 11.8 Å². The third-order valence-electron chi connectivity index (χ3n) is 8.07. The minimum absolute atomic E-state index is 0.279. The highest BCUT2D eigenvalue weighted by molar-refractivity contribution is 5.93. The summed E-state index contributed by atoms with van der Waals surface area (Å²) in [4.78, 5) is 23.3. The first kappa shape index (κ1) is 17.9. The zero-order valence-corrected chi connectivity index (χ0v) is 16.5. The van der Waals surface area contributed by atoms with Gasteiger partial charge in [0.1, 0.15) is 0 Å². The first-order chi connectivity index (χ1) is 13.5. The second kappa shape index (κ2) is 6.43. The van der Waals surface area contributed by atoms with Crippen LogP contribution in [0.3, 0.4) is 0 Å². The van der Waals surface area contributed by atoms with Gasteiger partial charge in [0.2, 0.25) is 0 Å². The van der Waals surface area contributed by atoms with Crippen LogP contribution >= 0.6 is 0 Å². The fraction of sp³-hybridized carbons (Fsp3) is 0.520. The fourth-order valence-electron chi connectivity index (χ4n) is 6.82. The van der Waals surface area contributed by atoms with Gasteiger partial charge in [-0.1, -0.05) is 31.1 Å². The number of hydrogen-bond acceptors (Lipinski definition) is 2. The predicted octanol–water partition coefficient (Wildman–Crippen LogP) is 5.67. The molecule has 1 aromatic carbocycles. The standard InChI is InChI=1S/C25H28O3/c1-25-12-2-3-22(25)20-10-8-17-13-18(26)9-11-19(17)23(20)21(14-25)15-4-6-16(7-5-15)24(27)28/h4-7,13,20-22H,2-3,8-12,14H2,1H3,(H,27,28)/t20-,21+,22-,25-/m0/s1. The average molecular weight is 376 g/mol. The highest BCUT2D eigenvalue weighted by Crippen LogP contribution is 2.63. The van der Waals surface area contributed by atoms with Crippen molar-refractivity contribution in [2.24, 2.45) is 17.3 Å². The number of aromatic carboxylic acids is 1. The lowest BCUT2D eigenvalue weighted by Crippen LogP contribution is -2.40. The van der Waals surface area contributed by atoms with Gasteiger partial charge in [-0.2, -0.15) is 0 Å². The van der Waals surface area contributed by atoms with Gasteiger partial charge in [0.25, 0.3) is 0 Å². The molecule has 0 amide bonds. The van der Waals surface area contributed by atoms with E-state index in [1.54, 1.807) is 17.7 Å². The van der Waals surface area contributed by atoms with Crippen LogP contribution in [0.25, 0.3) is 0 Å². The molecule has 4 atom stereocenters. The highest BCUT2D eigenvalue weighted by atomic mass is 16.4. The quantitative estimate of drug-likeness (QED) is 0.723. The summed E-state index contributed by atoms with van der Waals surface area (Å²) in [5, 5.41) is 9.27. The molecule has 1 aromatic rings. The maximum atomic E-state index is 12.0. The molecule has 1 N–H and O–H groups in total. The Kier molecular flexibility index (Phi) is 4.12. The van der Waals surface area contributed by atoms with E-state index in [9.17, 15) is 14.7 Å². The number of benzene rings is 1. The predicted molar refractivity (Wildman–Crippen MR) is 108 cm³/mol. The Bertz CT molecular complexity index is 904. The van der Waals surface area contributed by atoms with E-state index in [0.717, 1.165) is 25.2 Å². The molecule has 0 bridgehead atoms. The molecule has 4 aliphatic rings. The molecule has 0 heterocycles. The summed E-state index contributed by atoms with van der Waals surface area (Å²) >= 11 is 0. The lowest BCUT2D eigenvalue weighted by Gasteiger charge is -2.51. The Morgan fingerprint density at radius 2 is 1.89 bits per heavy atom. The van der Waals surface area contributed by atoms with Crippen molar-refractivity contribution in [2.45, 2.75) is 64.2 Å². The topological polar surface area (TPSA) is 54.4 Å². The molecular weight excluding hydrogens is 348 g/mol. The van der Waals surface area contributed by atoms with Crippen LogP contribution in [0, 0.1) is 17.3 Å². The van der Waals surface area contributed by atoms with Gasteiger partial charge in [-0.25, -0.2) is 4.79 Å². The summed E-state index contributed by atoms with van der Waals surface area (Å²) in [6, 6.07) is 7.57. The number of ketones is 1. The zero-order valence-electron chi connectivity index (χ0n) is 16.5. The number of allylic oxidation sites excluding steroid dienone is 4. The van der Waals surface area contributed by atoms with E-state index >= 15 is 0 Å². The van der Waals surface area contributed by atoms with Gasteiger partial charge < -0.3 is 5.11 Å². The number of rotatable bonds is 2. The molecule has 0 aliphatic heterocycles. The fourth-order valence-corrected chi connectivity index (χ4v) is 6.82. The maximum Gasteiger partial charge on any atom is 0.335 e. The van der Waals surface area contributed by atoms with Crippen LogP contribution in [-0.4, -0.2) is 16.9 Å². The van der Waals surface area contributed by atoms with Crippen LogP contribution in [0.15, 0.2) is 47.1 Å². The van der Waals surface area contributed by atoms with E-state index in [1.807, 2.05) is 18.2 Å². The van der Waals surface area contributed by atoms with E-state index < -0.39 is 5.97 Å². The Hall–Kier alpha value is -2.16. The molecule has 0 radical (unpaired) electrons. The van der Waals surface area contributed by atoms with Crippen LogP contribution < -0.4 is 0 Å². The summed E-state index contributed by atoms with van der Waals surface area (Å²) in [6.45, 7) is 2.49. The van der Waals surface area contributed by atoms with Gasteiger partial charge in [0.15, 0.2) is 5.78 Å². The first-order valence-electron chi connectivity index (χ1n) is 10.8. The van der Waals surface area contributed by atoms with Crippen molar-refractivity contribution in [3.05, 3.63) is 58.2 Å². The van der Waals surface area contributed by atoms with Crippen molar-refractivity contribution < 1.29 is 14.7 Å². The Balaban J connectivity index is 1.64. The second-order valence-electron chi connectivity index (χ2n) is 9.55. The van der Waals surface area contributed by atoms with Gasteiger partial charge in [0.05, 0.1) is 5.56 Å². The summed E-state index contributed by atoms with van der Waals surface area (Å²) < 4.78 is 0. The van der Waals surface area contributed by atoms with Crippen LogP contribution in [0.4, 0.5) is 0 Å². The molecule has 0 saturated heterocycles. The molecule has 0 aromatic heterocycles. The van der Waals surface area contributed by atoms with E-state index in [1.165, 1.54) is 42.4 Å². The van der Waals surface area contributed by atoms with Gasteiger partial charge in [-0.05, 0) is 90.7 Å². The van der Waals surface area contributed by atoms with Crippen molar-refractivity contribution in [1.82, 2.24) is 0 Å². The molecule has 0 unspecified atom stereocenters. The molecule has 2 fully saturated rings. The van der Waals surface area contributed by atoms with Gasteiger partial charge in [0, 0.05) is 12.3 Å². The largest absolute Gasteiger partial charge is 0.478 e. The third kappa shape index (κ3) is 2.70. The van der Waals surface area contributed by atoms with Crippen LogP contribution in [0.1, 0.15) is 80.1 Å². The molecule has 146 valence electrons. The van der Waals surface area contributed by atoms with E-state index in [0.29, 0.717) is 29.2 Å². The lowest BCUT2D eigenvalue weighted by molar-refractivity contribution is -0.114. The number of carbonyl (C=O) groups excluding carboxylic acids is 1. The molecule has 0 spiro atoms. The Labute approximate surface area is 166 Å². The van der Waals surface area contributed by atoms with Crippen molar-refractivity contribution in [2.75, 3.05) is 0 Å². The summed E-state index contributed by atoms with van der Waals surface area (Å²) in [7, 11) is 0. The summed E-state index contributed by atoms with van der Waals surface area (Å²) in [5.74, 6) is 1.17. The second-order valence-corrected chi connectivity index (χ2v) is 9.55. The van der Waals surface area contributed by atoms with Gasteiger partial charge >= 0.3 is 5.97 Å². The number of carboxylic acids is 1. The van der Waals surface area contributed by atoms with Gasteiger partial charge in [-0.15, -0.1) is 0 Å². The minimum Gasteiger partial charge on any atom is -0.478 e. The highest BCUT2D eigenvalue weighted by Gasteiger charge is 2.52. The summed E-state index contributed by atoms with van der Waals surface area (Å²) in [5.41, 5.74) is 6.34. The normalized spacial score (nSPS) is 34.4. The van der Waals surface area contributed by atoms with Crippen molar-refractivity contribution in [3.8, 4) is 0 Å². The monoisotopic (exact) mass is 376 g/mol. The minimum atomic E-state index is -0.869. The number of fused-ring (bicyclic) bond motifs is 4. The Morgan fingerprint density at radius 3 is 2.64 bits per heavy atom. The number of carbonyl (C=O) groups is 2. The van der Waals surface area contributed by atoms with Gasteiger partial charge in [-0.3, -0.25) is 4.79 Å². The van der Waals surface area contributed by atoms with E-state index in [-0.39, 0.29) is 5.78 Å². The molecule has 4 aliphatic carbocycles. The molecule has 28 heavy (non-hydrogen) atoms. The molecule has 2 saturated carbocycles. The maximum absolute atomic E-state index is 12.0. The van der Waals surface area contributed by atoms with Crippen LogP contribution in [-0.2, 0) is 4.79 Å². The molecule has 3 heteroatoms. The van der Waals surface area contributed by atoms with Crippen molar-refractivity contribution in [3.63, 3.8) is 0 Å². The average Bonchev–Trinajstić information content (AvgIpc) is 3.08.